The lowest BCUT2D eigenvalue weighted by atomic mass is 10.1. The van der Waals surface area contributed by atoms with Gasteiger partial charge in [0.2, 0.25) is 0 Å². The van der Waals surface area contributed by atoms with Crippen LogP contribution in [-0.2, 0) is 0 Å². The topological polar surface area (TPSA) is 62.2 Å². The summed E-state index contributed by atoms with van der Waals surface area (Å²) in [5, 5.41) is 13.1. The van der Waals surface area contributed by atoms with E-state index in [9.17, 15) is 9.90 Å². The van der Waals surface area contributed by atoms with Gasteiger partial charge in [0, 0.05) is 18.4 Å². The van der Waals surface area contributed by atoms with Gasteiger partial charge in [-0.15, -0.1) is 11.8 Å². The van der Waals surface area contributed by atoms with Gasteiger partial charge >= 0.3 is 5.97 Å². The molecule has 2 rings (SSSR count). The Bertz CT molecular complexity index is 669. The maximum atomic E-state index is 11.2. The molecule has 1 aromatic carbocycles. The van der Waals surface area contributed by atoms with Gasteiger partial charge in [-0.1, -0.05) is 18.2 Å². The summed E-state index contributed by atoms with van der Waals surface area (Å²) in [6, 6.07) is 9.08. The van der Waals surface area contributed by atoms with E-state index < -0.39 is 5.97 Å². The van der Waals surface area contributed by atoms with Crippen LogP contribution in [0.5, 0.6) is 0 Å². The second-order valence-corrected chi connectivity index (χ2v) is 3.99. The van der Waals surface area contributed by atoms with Crippen molar-refractivity contribution in [3.8, 4) is 11.8 Å². The van der Waals surface area contributed by atoms with Crippen LogP contribution in [0.25, 0.3) is 10.9 Å². The Morgan fingerprint density at radius 1 is 1.42 bits per heavy atom. The van der Waals surface area contributed by atoms with Gasteiger partial charge in [-0.3, -0.25) is 0 Å². The molecule has 0 aliphatic heterocycles. The van der Waals surface area contributed by atoms with Crippen molar-refractivity contribution in [3.63, 3.8) is 0 Å². The average Bonchev–Trinajstić information content (AvgIpc) is 2.42. The molecule has 0 amide bonds. The molecule has 4 heteroatoms. The van der Waals surface area contributed by atoms with Gasteiger partial charge in [-0.2, -0.15) is 0 Å². The molecule has 0 unspecified atom stereocenters. The zero-order chi connectivity index (χ0) is 13.7. The van der Waals surface area contributed by atoms with E-state index in [2.05, 4.69) is 22.1 Å². The highest BCUT2D eigenvalue weighted by Gasteiger charge is 2.12. The number of rotatable bonds is 4. The van der Waals surface area contributed by atoms with Crippen molar-refractivity contribution >= 4 is 22.7 Å². The van der Waals surface area contributed by atoms with Crippen LogP contribution in [-0.4, -0.2) is 22.6 Å². The van der Waals surface area contributed by atoms with Gasteiger partial charge in [0.1, 0.15) is 11.4 Å². The fourth-order valence-electron chi connectivity index (χ4n) is 1.78. The minimum Gasteiger partial charge on any atom is -0.478 e. The van der Waals surface area contributed by atoms with Crippen molar-refractivity contribution in [1.29, 1.82) is 0 Å². The van der Waals surface area contributed by atoms with E-state index in [4.69, 9.17) is 0 Å². The number of aromatic nitrogens is 1. The molecule has 96 valence electrons. The highest BCUT2D eigenvalue weighted by molar-refractivity contribution is 5.98. The summed E-state index contributed by atoms with van der Waals surface area (Å²) in [4.78, 5) is 15.6. The number of nitrogens with zero attached hydrogens (tertiary/aromatic N) is 1. The molecule has 0 aliphatic carbocycles. The van der Waals surface area contributed by atoms with Crippen LogP contribution in [0.1, 0.15) is 23.7 Å². The maximum absolute atomic E-state index is 11.2. The lowest BCUT2D eigenvalue weighted by Gasteiger charge is -2.09. The molecule has 0 atom stereocenters. The van der Waals surface area contributed by atoms with E-state index in [0.717, 1.165) is 10.9 Å². The number of pyridine rings is 1. The highest BCUT2D eigenvalue weighted by Crippen LogP contribution is 2.20. The predicted octanol–water partition coefficient (Wildman–Crippen LogP) is 2.76. The summed E-state index contributed by atoms with van der Waals surface area (Å²) in [6.07, 6.45) is 0.657. The molecule has 0 spiro atoms. The molecule has 4 nitrogen and oxygen atoms in total. The molecular weight excluding hydrogens is 240 g/mol. The van der Waals surface area contributed by atoms with Gasteiger partial charge < -0.3 is 10.4 Å². The molecule has 0 fully saturated rings. The number of fused-ring (bicyclic) bond motifs is 1. The van der Waals surface area contributed by atoms with Crippen LogP contribution >= 0.6 is 0 Å². The minimum absolute atomic E-state index is 0.183. The van der Waals surface area contributed by atoms with E-state index in [-0.39, 0.29) is 5.56 Å². The Balaban J connectivity index is 2.35. The van der Waals surface area contributed by atoms with Crippen molar-refractivity contribution in [1.82, 2.24) is 4.98 Å². The Kier molecular flexibility index (Phi) is 3.99. The molecule has 1 aromatic heterocycles. The monoisotopic (exact) mass is 254 g/mol. The second-order valence-electron chi connectivity index (χ2n) is 3.99. The highest BCUT2D eigenvalue weighted by atomic mass is 16.4. The van der Waals surface area contributed by atoms with E-state index in [1.807, 2.05) is 24.3 Å². The summed E-state index contributed by atoms with van der Waals surface area (Å²) in [5.74, 6) is 5.12. The Morgan fingerprint density at radius 2 is 2.21 bits per heavy atom. The van der Waals surface area contributed by atoms with Crippen LogP contribution in [0.2, 0.25) is 0 Å². The number of carboxylic acid groups (broad SMARTS) is 1. The number of para-hydroxylation sites is 1. The first kappa shape index (κ1) is 12.9. The molecule has 0 saturated carbocycles. The normalized spacial score (nSPS) is 9.74. The van der Waals surface area contributed by atoms with Crippen molar-refractivity contribution < 1.29 is 9.90 Å². The third kappa shape index (κ3) is 3.02. The first-order valence-corrected chi connectivity index (χ1v) is 5.99. The maximum Gasteiger partial charge on any atom is 0.339 e. The molecule has 0 aliphatic rings. The number of nitrogens with one attached hydrogen (secondary N) is 1. The summed E-state index contributed by atoms with van der Waals surface area (Å²) in [7, 11) is 0. The molecule has 1 heterocycles. The first-order valence-electron chi connectivity index (χ1n) is 5.99. The number of carboxylic acids is 1. The molecule has 19 heavy (non-hydrogen) atoms. The lowest BCUT2D eigenvalue weighted by molar-refractivity contribution is 0.0698. The summed E-state index contributed by atoms with van der Waals surface area (Å²) < 4.78 is 0. The number of carbonyl (C=O) groups is 1. The average molecular weight is 254 g/mol. The van der Waals surface area contributed by atoms with Gasteiger partial charge in [0.05, 0.1) is 5.52 Å². The lowest BCUT2D eigenvalue weighted by Crippen LogP contribution is -2.09. The van der Waals surface area contributed by atoms with Gasteiger partial charge in [0.25, 0.3) is 0 Å². The fraction of sp³-hybridized carbons (Fsp3) is 0.200. The van der Waals surface area contributed by atoms with Crippen molar-refractivity contribution in [3.05, 3.63) is 35.9 Å². The molecule has 2 aromatic rings. The second kappa shape index (κ2) is 5.87. The zero-order valence-electron chi connectivity index (χ0n) is 10.6. The van der Waals surface area contributed by atoms with Gasteiger partial charge in [-0.05, 0) is 19.1 Å². The largest absolute Gasteiger partial charge is 0.478 e. The molecule has 0 saturated heterocycles. The van der Waals surface area contributed by atoms with Crippen molar-refractivity contribution in [2.75, 3.05) is 11.9 Å². The number of anilines is 1. The van der Waals surface area contributed by atoms with Crippen LogP contribution in [0, 0.1) is 11.8 Å². The first-order chi connectivity index (χ1) is 9.22. The van der Waals surface area contributed by atoms with Crippen molar-refractivity contribution in [2.24, 2.45) is 0 Å². The number of hydrogen-bond donors (Lipinski definition) is 2. The fourth-order valence-corrected chi connectivity index (χ4v) is 1.78. The Labute approximate surface area is 111 Å². The molecule has 0 bridgehead atoms. The predicted molar refractivity (Wildman–Crippen MR) is 75.3 cm³/mol. The summed E-state index contributed by atoms with van der Waals surface area (Å²) in [6.45, 7) is 2.35. The standard InChI is InChI=1S/C15H14N2O2/c1-2-3-6-9-16-14-12(15(18)19)10-11-7-4-5-8-13(11)17-14/h4-5,7-8,10H,6,9H2,1H3,(H,16,17)(H,18,19). The van der Waals surface area contributed by atoms with Crippen LogP contribution in [0.15, 0.2) is 30.3 Å². The van der Waals surface area contributed by atoms with Crippen LogP contribution in [0.4, 0.5) is 5.82 Å². The third-order valence-electron chi connectivity index (χ3n) is 2.67. The molecular formula is C15H14N2O2. The quantitative estimate of drug-likeness (QED) is 0.650. The number of hydrogen-bond acceptors (Lipinski definition) is 3. The van der Waals surface area contributed by atoms with E-state index in [0.29, 0.717) is 18.8 Å². The summed E-state index contributed by atoms with van der Waals surface area (Å²) in [5.41, 5.74) is 0.958. The molecule has 2 N–H and O–H groups in total. The van der Waals surface area contributed by atoms with Crippen molar-refractivity contribution in [2.45, 2.75) is 13.3 Å². The van der Waals surface area contributed by atoms with Crippen LogP contribution in [0.3, 0.4) is 0 Å². The smallest absolute Gasteiger partial charge is 0.339 e. The van der Waals surface area contributed by atoms with Crippen LogP contribution < -0.4 is 5.32 Å². The van der Waals surface area contributed by atoms with Gasteiger partial charge in [0.15, 0.2) is 0 Å². The van der Waals surface area contributed by atoms with Gasteiger partial charge in [-0.25, -0.2) is 9.78 Å². The third-order valence-corrected chi connectivity index (χ3v) is 2.67. The van der Waals surface area contributed by atoms with E-state index in [1.165, 1.54) is 0 Å². The Morgan fingerprint density at radius 3 is 2.95 bits per heavy atom. The minimum atomic E-state index is -0.984. The number of aromatic carboxylic acids is 1. The number of benzene rings is 1. The Hall–Kier alpha value is -2.54. The van der Waals surface area contributed by atoms with E-state index in [1.54, 1.807) is 13.0 Å². The molecule has 0 radical (unpaired) electrons. The summed E-state index contributed by atoms with van der Waals surface area (Å²) >= 11 is 0. The SMILES string of the molecule is CC#CCCNc1nc2ccccc2cc1C(=O)O. The van der Waals surface area contributed by atoms with E-state index >= 15 is 0 Å². The zero-order valence-corrected chi connectivity index (χ0v) is 10.6.